The smallest absolute Gasteiger partial charge is 0.270 e. The van der Waals surface area contributed by atoms with Crippen molar-refractivity contribution in [2.24, 2.45) is 5.92 Å². The van der Waals surface area contributed by atoms with Gasteiger partial charge in [0.05, 0.1) is 0 Å². The van der Waals surface area contributed by atoms with Crippen molar-refractivity contribution in [3.63, 3.8) is 0 Å². The van der Waals surface area contributed by atoms with Crippen LogP contribution in [0.15, 0.2) is 12.3 Å². The normalized spacial score (nSPS) is 17.2. The average Bonchev–Trinajstić information content (AvgIpc) is 2.45. The van der Waals surface area contributed by atoms with Crippen molar-refractivity contribution in [2.75, 3.05) is 13.1 Å². The Kier molecular flexibility index (Phi) is 2.31. The topological polar surface area (TPSA) is 36.1 Å². The fourth-order valence-corrected chi connectivity index (χ4v) is 1.99. The van der Waals surface area contributed by atoms with E-state index < -0.39 is 0 Å². The molecule has 1 aliphatic rings. The van der Waals surface area contributed by atoms with Gasteiger partial charge in [0.25, 0.3) is 5.91 Å². The number of carbonyl (C=O) groups excluding carboxylic acids is 1. The van der Waals surface area contributed by atoms with Crippen molar-refractivity contribution in [1.82, 2.24) is 9.88 Å². The van der Waals surface area contributed by atoms with Gasteiger partial charge in [-0.15, -0.1) is 0 Å². The van der Waals surface area contributed by atoms with Crippen LogP contribution in [0.1, 0.15) is 17.4 Å². The molecule has 0 unspecified atom stereocenters. The number of halogens is 1. The van der Waals surface area contributed by atoms with E-state index in [1.165, 1.54) is 0 Å². The number of nitrogens with one attached hydrogen (secondary N) is 1. The monoisotopic (exact) mass is 290 g/mol. The fourth-order valence-electron chi connectivity index (χ4n) is 1.53. The van der Waals surface area contributed by atoms with E-state index >= 15 is 0 Å². The Bertz CT molecular complexity index is 328. The molecule has 0 radical (unpaired) electrons. The molecule has 2 rings (SSSR count). The van der Waals surface area contributed by atoms with Gasteiger partial charge in [0.1, 0.15) is 5.69 Å². The molecule has 0 aromatic carbocycles. The second-order valence-corrected chi connectivity index (χ2v) is 4.79. The summed E-state index contributed by atoms with van der Waals surface area (Å²) in [6.07, 6.45) is 1.84. The number of hydrogen-bond acceptors (Lipinski definition) is 1. The molecule has 0 spiro atoms. The Labute approximate surface area is 90.6 Å². The lowest BCUT2D eigenvalue weighted by atomic mass is 10.0. The van der Waals surface area contributed by atoms with E-state index in [1.54, 1.807) is 0 Å². The summed E-state index contributed by atoms with van der Waals surface area (Å²) in [5.74, 6) is 0.791. The SMILES string of the molecule is CC1CN(C(=O)c2cc(I)c[nH]2)C1. The third-order valence-corrected chi connectivity index (χ3v) is 2.85. The van der Waals surface area contributed by atoms with Crippen LogP contribution in [0.2, 0.25) is 0 Å². The van der Waals surface area contributed by atoms with E-state index in [1.807, 2.05) is 17.2 Å². The number of amides is 1. The third kappa shape index (κ3) is 1.72. The molecule has 3 nitrogen and oxygen atoms in total. The van der Waals surface area contributed by atoms with Gasteiger partial charge in [0, 0.05) is 22.9 Å². The number of hydrogen-bond donors (Lipinski definition) is 1. The van der Waals surface area contributed by atoms with Gasteiger partial charge in [-0.2, -0.15) is 0 Å². The number of rotatable bonds is 1. The molecule has 0 aliphatic carbocycles. The Morgan fingerprint density at radius 3 is 2.85 bits per heavy atom. The highest BCUT2D eigenvalue weighted by molar-refractivity contribution is 14.1. The largest absolute Gasteiger partial charge is 0.356 e. The number of likely N-dealkylation sites (tertiary alicyclic amines) is 1. The van der Waals surface area contributed by atoms with E-state index in [0.29, 0.717) is 11.6 Å². The zero-order chi connectivity index (χ0) is 9.42. The van der Waals surface area contributed by atoms with Gasteiger partial charge in [0.2, 0.25) is 0 Å². The lowest BCUT2D eigenvalue weighted by Gasteiger charge is -2.36. The number of carbonyl (C=O) groups is 1. The van der Waals surface area contributed by atoms with Gasteiger partial charge in [-0.05, 0) is 34.6 Å². The zero-order valence-electron chi connectivity index (χ0n) is 7.38. The van der Waals surface area contributed by atoms with E-state index in [4.69, 9.17) is 0 Å². The molecule has 1 aromatic rings. The number of H-pyrrole nitrogens is 1. The molecule has 1 amide bonds. The van der Waals surface area contributed by atoms with Gasteiger partial charge >= 0.3 is 0 Å². The minimum atomic E-state index is 0.126. The number of nitrogens with zero attached hydrogens (tertiary/aromatic N) is 1. The lowest BCUT2D eigenvalue weighted by Crippen LogP contribution is -2.48. The van der Waals surface area contributed by atoms with Crippen LogP contribution >= 0.6 is 22.6 Å². The molecule has 0 saturated carbocycles. The molecule has 0 bridgehead atoms. The maximum atomic E-state index is 11.7. The van der Waals surface area contributed by atoms with E-state index in [9.17, 15) is 4.79 Å². The summed E-state index contributed by atoms with van der Waals surface area (Å²) in [5, 5.41) is 0. The van der Waals surface area contributed by atoms with Gasteiger partial charge in [-0.3, -0.25) is 4.79 Å². The fraction of sp³-hybridized carbons (Fsp3) is 0.444. The quantitative estimate of drug-likeness (QED) is 0.785. The summed E-state index contributed by atoms with van der Waals surface area (Å²) in [6.45, 7) is 3.95. The van der Waals surface area contributed by atoms with Crippen molar-refractivity contribution in [1.29, 1.82) is 0 Å². The van der Waals surface area contributed by atoms with Gasteiger partial charge in [-0.25, -0.2) is 0 Å². The van der Waals surface area contributed by atoms with Crippen molar-refractivity contribution >= 4 is 28.5 Å². The van der Waals surface area contributed by atoms with Crippen LogP contribution < -0.4 is 0 Å². The first-order valence-electron chi connectivity index (χ1n) is 4.30. The van der Waals surface area contributed by atoms with Crippen LogP contribution in [-0.4, -0.2) is 28.9 Å². The summed E-state index contributed by atoms with van der Waals surface area (Å²) < 4.78 is 1.08. The molecule has 0 atom stereocenters. The van der Waals surface area contributed by atoms with Crippen LogP contribution in [0.4, 0.5) is 0 Å². The molecule has 1 aromatic heterocycles. The summed E-state index contributed by atoms with van der Waals surface area (Å²) in [7, 11) is 0. The lowest BCUT2D eigenvalue weighted by molar-refractivity contribution is 0.0525. The van der Waals surface area contributed by atoms with Crippen molar-refractivity contribution in [3.05, 3.63) is 21.5 Å². The molecule has 1 fully saturated rings. The van der Waals surface area contributed by atoms with Crippen molar-refractivity contribution < 1.29 is 4.79 Å². The van der Waals surface area contributed by atoms with Crippen LogP contribution in [0, 0.1) is 9.49 Å². The van der Waals surface area contributed by atoms with E-state index in [0.717, 1.165) is 16.7 Å². The summed E-state index contributed by atoms with van der Waals surface area (Å²) in [4.78, 5) is 16.5. The first kappa shape index (κ1) is 9.05. The minimum Gasteiger partial charge on any atom is -0.356 e. The van der Waals surface area contributed by atoms with Crippen LogP contribution in [0.5, 0.6) is 0 Å². The Hall–Kier alpha value is -0.520. The molecule has 1 saturated heterocycles. The predicted molar refractivity (Wildman–Crippen MR) is 58.6 cm³/mol. The Morgan fingerprint density at radius 2 is 2.38 bits per heavy atom. The Balaban J connectivity index is 2.06. The highest BCUT2D eigenvalue weighted by Gasteiger charge is 2.28. The van der Waals surface area contributed by atoms with E-state index in [2.05, 4.69) is 34.5 Å². The van der Waals surface area contributed by atoms with Gasteiger partial charge < -0.3 is 9.88 Å². The van der Waals surface area contributed by atoms with Crippen LogP contribution in [0.3, 0.4) is 0 Å². The first-order chi connectivity index (χ1) is 6.16. The molecule has 1 N–H and O–H groups in total. The number of aromatic amines is 1. The summed E-state index contributed by atoms with van der Waals surface area (Å²) >= 11 is 2.19. The third-order valence-electron chi connectivity index (χ3n) is 2.23. The summed E-state index contributed by atoms with van der Waals surface area (Å²) in [5.41, 5.74) is 0.705. The maximum absolute atomic E-state index is 11.7. The Morgan fingerprint density at radius 1 is 1.69 bits per heavy atom. The summed E-state index contributed by atoms with van der Waals surface area (Å²) in [6, 6.07) is 1.88. The highest BCUT2D eigenvalue weighted by Crippen LogP contribution is 2.18. The standard InChI is InChI=1S/C9H11IN2O/c1-6-4-12(5-6)9(13)8-2-7(10)3-11-8/h2-3,6,11H,4-5H2,1H3. The molecule has 13 heavy (non-hydrogen) atoms. The highest BCUT2D eigenvalue weighted by atomic mass is 127. The van der Waals surface area contributed by atoms with Crippen molar-refractivity contribution in [2.45, 2.75) is 6.92 Å². The molecule has 4 heteroatoms. The molecular weight excluding hydrogens is 279 g/mol. The molecule has 70 valence electrons. The molecule has 1 aliphatic heterocycles. The first-order valence-corrected chi connectivity index (χ1v) is 5.38. The maximum Gasteiger partial charge on any atom is 0.270 e. The average molecular weight is 290 g/mol. The zero-order valence-corrected chi connectivity index (χ0v) is 9.54. The second kappa shape index (κ2) is 3.32. The second-order valence-electron chi connectivity index (χ2n) is 3.55. The van der Waals surface area contributed by atoms with Crippen LogP contribution in [-0.2, 0) is 0 Å². The predicted octanol–water partition coefficient (Wildman–Crippen LogP) is 1.71. The van der Waals surface area contributed by atoms with Gasteiger partial charge in [-0.1, -0.05) is 6.92 Å². The van der Waals surface area contributed by atoms with E-state index in [-0.39, 0.29) is 5.91 Å². The number of aromatic nitrogens is 1. The van der Waals surface area contributed by atoms with Crippen LogP contribution in [0.25, 0.3) is 0 Å². The molecule has 2 heterocycles. The molecular formula is C9H11IN2O. The minimum absolute atomic E-state index is 0.126. The van der Waals surface area contributed by atoms with Gasteiger partial charge in [0.15, 0.2) is 0 Å². The van der Waals surface area contributed by atoms with Crippen molar-refractivity contribution in [3.8, 4) is 0 Å².